The Bertz CT molecular complexity index is 152. The lowest BCUT2D eigenvalue weighted by Crippen LogP contribution is -2.43. The van der Waals surface area contributed by atoms with Crippen LogP contribution in [0.25, 0.3) is 0 Å². The van der Waals surface area contributed by atoms with Crippen molar-refractivity contribution in [2.75, 3.05) is 19.6 Å². The fourth-order valence-corrected chi connectivity index (χ4v) is 2.00. The Morgan fingerprint density at radius 2 is 1.25 bits per heavy atom. The van der Waals surface area contributed by atoms with Gasteiger partial charge in [0.1, 0.15) is 0 Å². The number of quaternary nitrogens is 1. The van der Waals surface area contributed by atoms with Gasteiger partial charge in [0.05, 0.1) is 19.6 Å². The van der Waals surface area contributed by atoms with E-state index >= 15 is 0 Å². The molecular weight excluding hydrogens is 198 g/mol. The van der Waals surface area contributed by atoms with Gasteiger partial charge < -0.3 is 9.85 Å². The summed E-state index contributed by atoms with van der Waals surface area (Å²) in [7, 11) is 0. The molecule has 0 saturated heterocycles. The molecule has 0 unspecified atom stereocenters. The van der Waals surface area contributed by atoms with Crippen LogP contribution in [0.2, 0.25) is 0 Å². The summed E-state index contributed by atoms with van der Waals surface area (Å²) in [6, 6.07) is 0. The van der Waals surface area contributed by atoms with E-state index in [0.717, 1.165) is 44.3 Å². The second-order valence-electron chi connectivity index (χ2n) is 5.89. The van der Waals surface area contributed by atoms with Crippen LogP contribution in [-0.2, 0) is 0 Å². The summed E-state index contributed by atoms with van der Waals surface area (Å²) in [5, 5.41) is 12.4. The first-order chi connectivity index (χ1) is 7.39. The van der Waals surface area contributed by atoms with Gasteiger partial charge in [-0.05, 0) is 44.4 Å². The van der Waals surface area contributed by atoms with E-state index in [1.807, 2.05) is 6.92 Å². The smallest absolute Gasteiger partial charge is 0.0783 e. The molecule has 0 atom stereocenters. The topological polar surface area (TPSA) is 23.1 Å². The Balaban J connectivity index is 3.81. The molecule has 0 saturated carbocycles. The van der Waals surface area contributed by atoms with Crippen molar-refractivity contribution in [2.45, 2.75) is 60.3 Å². The van der Waals surface area contributed by atoms with Crippen LogP contribution in [0.3, 0.4) is 0 Å². The molecular formula is C14H31NO. The van der Waals surface area contributed by atoms with Crippen LogP contribution in [0.15, 0.2) is 0 Å². The molecule has 0 bridgehead atoms. The fourth-order valence-electron chi connectivity index (χ4n) is 2.00. The molecule has 0 aromatic heterocycles. The van der Waals surface area contributed by atoms with Crippen LogP contribution >= 0.6 is 0 Å². The fraction of sp³-hybridized carbons (Fsp3) is 1.00. The van der Waals surface area contributed by atoms with Gasteiger partial charge in [0.15, 0.2) is 0 Å². The third kappa shape index (κ3) is 8.12. The molecule has 0 amide bonds. The highest BCUT2D eigenvalue weighted by molar-refractivity contribution is 4.51. The summed E-state index contributed by atoms with van der Waals surface area (Å²) in [5.41, 5.74) is 0. The number of nitrogens with zero attached hydrogens (tertiary/aromatic N) is 1. The highest BCUT2D eigenvalue weighted by Gasteiger charge is 2.14. The van der Waals surface area contributed by atoms with Gasteiger partial charge in [0.25, 0.3) is 0 Å². The molecule has 0 aliphatic carbocycles. The first kappa shape index (κ1) is 15.9. The van der Waals surface area contributed by atoms with Crippen molar-refractivity contribution in [3.05, 3.63) is 5.21 Å². The van der Waals surface area contributed by atoms with Crippen molar-refractivity contribution >= 4 is 0 Å². The van der Waals surface area contributed by atoms with Crippen LogP contribution in [0.5, 0.6) is 0 Å². The Kier molecular flexibility index (Phi) is 8.04. The second-order valence-corrected chi connectivity index (χ2v) is 5.89. The first-order valence-electron chi connectivity index (χ1n) is 6.96. The lowest BCUT2D eigenvalue weighted by Gasteiger charge is -2.42. The number of rotatable bonds is 9. The quantitative estimate of drug-likeness (QED) is 0.429. The van der Waals surface area contributed by atoms with Gasteiger partial charge in [-0.1, -0.05) is 27.7 Å². The molecule has 2 nitrogen and oxygen atoms in total. The van der Waals surface area contributed by atoms with Crippen LogP contribution in [-0.4, -0.2) is 24.3 Å². The molecule has 2 heteroatoms. The van der Waals surface area contributed by atoms with Crippen molar-refractivity contribution in [1.82, 2.24) is 0 Å². The van der Waals surface area contributed by atoms with E-state index in [1.54, 1.807) is 0 Å². The molecule has 0 heterocycles. The average molecular weight is 229 g/mol. The first-order valence-corrected chi connectivity index (χ1v) is 6.96. The van der Waals surface area contributed by atoms with Crippen LogP contribution in [0, 0.1) is 17.0 Å². The molecule has 98 valence electrons. The second kappa shape index (κ2) is 8.08. The van der Waals surface area contributed by atoms with Crippen molar-refractivity contribution in [1.29, 1.82) is 0 Å². The molecule has 0 N–H and O–H groups in total. The highest BCUT2D eigenvalue weighted by atomic mass is 16.5. The summed E-state index contributed by atoms with van der Waals surface area (Å²) in [4.78, 5) is 0. The van der Waals surface area contributed by atoms with Gasteiger partial charge in [-0.2, -0.15) is 0 Å². The van der Waals surface area contributed by atoms with E-state index in [1.165, 1.54) is 12.8 Å². The number of hydroxylamine groups is 3. The largest absolute Gasteiger partial charge is 0.633 e. The standard InChI is InChI=1S/C14H31NO/c1-6-15(16,11-7-9-13(2)3)12-8-10-14(4)5/h13-14H,6-12H2,1-5H3. The predicted octanol–water partition coefficient (Wildman–Crippen LogP) is 4.19. The predicted molar refractivity (Wildman–Crippen MR) is 72.0 cm³/mol. The zero-order valence-electron chi connectivity index (χ0n) is 12.0. The molecule has 0 aliphatic rings. The average Bonchev–Trinajstić information content (AvgIpc) is 2.16. The summed E-state index contributed by atoms with van der Waals surface area (Å²) >= 11 is 0. The van der Waals surface area contributed by atoms with E-state index in [2.05, 4.69) is 27.7 Å². The van der Waals surface area contributed by atoms with Crippen molar-refractivity contribution < 1.29 is 4.65 Å². The molecule has 0 aromatic rings. The van der Waals surface area contributed by atoms with Gasteiger partial charge in [0.2, 0.25) is 0 Å². The van der Waals surface area contributed by atoms with Crippen LogP contribution < -0.4 is 0 Å². The maximum atomic E-state index is 12.4. The Morgan fingerprint density at radius 1 is 0.875 bits per heavy atom. The molecule has 0 rings (SSSR count). The third-order valence-corrected chi connectivity index (χ3v) is 3.27. The van der Waals surface area contributed by atoms with Crippen molar-refractivity contribution in [3.63, 3.8) is 0 Å². The minimum Gasteiger partial charge on any atom is -0.633 e. The van der Waals surface area contributed by atoms with Gasteiger partial charge in [-0.25, -0.2) is 0 Å². The molecule has 0 aliphatic heterocycles. The molecule has 16 heavy (non-hydrogen) atoms. The SMILES string of the molecule is CC[N+]([O-])(CCCC(C)C)CCCC(C)C. The maximum absolute atomic E-state index is 12.4. The maximum Gasteiger partial charge on any atom is 0.0783 e. The monoisotopic (exact) mass is 229 g/mol. The van der Waals surface area contributed by atoms with Crippen LogP contribution in [0.1, 0.15) is 60.3 Å². The summed E-state index contributed by atoms with van der Waals surface area (Å²) < 4.78 is 0.0272. The van der Waals surface area contributed by atoms with E-state index in [-0.39, 0.29) is 4.65 Å². The van der Waals surface area contributed by atoms with E-state index in [0.29, 0.717) is 0 Å². The zero-order chi connectivity index (χ0) is 12.6. The Labute approximate surface area is 102 Å². The van der Waals surface area contributed by atoms with Gasteiger partial charge in [0, 0.05) is 0 Å². The third-order valence-electron chi connectivity index (χ3n) is 3.27. The minimum absolute atomic E-state index is 0.0272. The van der Waals surface area contributed by atoms with Gasteiger partial charge >= 0.3 is 0 Å². The molecule has 0 aromatic carbocycles. The number of hydrogen-bond donors (Lipinski definition) is 0. The number of hydrogen-bond acceptors (Lipinski definition) is 1. The molecule has 0 fully saturated rings. The molecule has 0 radical (unpaired) electrons. The minimum atomic E-state index is 0.0272. The van der Waals surface area contributed by atoms with Crippen molar-refractivity contribution in [2.24, 2.45) is 11.8 Å². The molecule has 0 spiro atoms. The Morgan fingerprint density at radius 3 is 1.50 bits per heavy atom. The van der Waals surface area contributed by atoms with Gasteiger partial charge in [-0.15, -0.1) is 0 Å². The van der Waals surface area contributed by atoms with Gasteiger partial charge in [-0.3, -0.25) is 0 Å². The summed E-state index contributed by atoms with van der Waals surface area (Å²) in [6.07, 6.45) is 4.53. The highest BCUT2D eigenvalue weighted by Crippen LogP contribution is 2.14. The Hall–Kier alpha value is -0.0800. The lowest BCUT2D eigenvalue weighted by atomic mass is 10.1. The normalized spacial score (nSPS) is 12.8. The van der Waals surface area contributed by atoms with E-state index in [4.69, 9.17) is 0 Å². The summed E-state index contributed by atoms with van der Waals surface area (Å²) in [6.45, 7) is 13.3. The van der Waals surface area contributed by atoms with Crippen LogP contribution in [0.4, 0.5) is 0 Å². The van der Waals surface area contributed by atoms with E-state index < -0.39 is 0 Å². The summed E-state index contributed by atoms with van der Waals surface area (Å²) in [5.74, 6) is 1.45. The van der Waals surface area contributed by atoms with E-state index in [9.17, 15) is 5.21 Å². The zero-order valence-corrected chi connectivity index (χ0v) is 12.0. The van der Waals surface area contributed by atoms with Crippen molar-refractivity contribution in [3.8, 4) is 0 Å². The lowest BCUT2D eigenvalue weighted by molar-refractivity contribution is -0.879.